The first kappa shape index (κ1) is 17.2. The Hall–Kier alpha value is -1.86. The number of carbonyl (C=O) groups is 2. The largest absolute Gasteiger partial charge is 0.472 e. The average Bonchev–Trinajstić information content (AvgIpc) is 3.01. The molecule has 1 rings (SSSR count). The van der Waals surface area contributed by atoms with Crippen LogP contribution in [0.25, 0.3) is 0 Å². The van der Waals surface area contributed by atoms with Crippen molar-refractivity contribution < 1.29 is 23.5 Å². The van der Waals surface area contributed by atoms with E-state index >= 15 is 0 Å². The SMILES string of the molecule is COCCNC(=O)CCN(CCOC)C(=O)c1ccoc1. The zero-order valence-corrected chi connectivity index (χ0v) is 12.5. The highest BCUT2D eigenvalue weighted by molar-refractivity contribution is 5.94. The standard InChI is InChI=1S/C14H22N2O5/c1-19-9-5-15-13(17)3-6-16(7-10-20-2)14(18)12-4-8-21-11-12/h4,8,11H,3,5-7,9-10H2,1-2H3,(H,15,17). The average molecular weight is 298 g/mol. The Morgan fingerprint density at radius 1 is 1.24 bits per heavy atom. The normalized spacial score (nSPS) is 10.4. The van der Waals surface area contributed by atoms with E-state index in [0.717, 1.165) is 0 Å². The molecular weight excluding hydrogens is 276 g/mol. The van der Waals surface area contributed by atoms with E-state index < -0.39 is 0 Å². The molecule has 0 aliphatic carbocycles. The molecule has 1 N–H and O–H groups in total. The van der Waals surface area contributed by atoms with Crippen LogP contribution in [0.15, 0.2) is 23.0 Å². The van der Waals surface area contributed by atoms with Gasteiger partial charge in [-0.25, -0.2) is 0 Å². The van der Waals surface area contributed by atoms with Crippen LogP contribution in [0.4, 0.5) is 0 Å². The van der Waals surface area contributed by atoms with Crippen molar-refractivity contribution in [1.29, 1.82) is 0 Å². The number of furan rings is 1. The Bertz CT molecular complexity index is 419. The van der Waals surface area contributed by atoms with Gasteiger partial charge in [-0.15, -0.1) is 0 Å². The summed E-state index contributed by atoms with van der Waals surface area (Å²) in [6.45, 7) is 2.09. The lowest BCUT2D eigenvalue weighted by atomic mass is 10.2. The zero-order valence-electron chi connectivity index (χ0n) is 12.5. The third-order valence-corrected chi connectivity index (χ3v) is 2.86. The number of hydrogen-bond acceptors (Lipinski definition) is 5. The fourth-order valence-corrected chi connectivity index (χ4v) is 1.70. The molecule has 0 aromatic carbocycles. The van der Waals surface area contributed by atoms with E-state index in [2.05, 4.69) is 5.32 Å². The van der Waals surface area contributed by atoms with E-state index in [1.807, 2.05) is 0 Å². The molecule has 0 radical (unpaired) electrons. The molecule has 2 amide bonds. The van der Waals surface area contributed by atoms with Crippen molar-refractivity contribution in [2.24, 2.45) is 0 Å². The lowest BCUT2D eigenvalue weighted by Crippen LogP contribution is -2.37. The van der Waals surface area contributed by atoms with Crippen molar-refractivity contribution in [1.82, 2.24) is 10.2 Å². The molecule has 0 unspecified atom stereocenters. The van der Waals surface area contributed by atoms with E-state index in [-0.39, 0.29) is 18.2 Å². The van der Waals surface area contributed by atoms with Gasteiger partial charge in [0.1, 0.15) is 6.26 Å². The van der Waals surface area contributed by atoms with Gasteiger partial charge in [0.05, 0.1) is 25.0 Å². The number of amides is 2. The maximum atomic E-state index is 12.2. The highest BCUT2D eigenvalue weighted by atomic mass is 16.5. The van der Waals surface area contributed by atoms with Crippen LogP contribution in [-0.2, 0) is 14.3 Å². The second-order valence-electron chi connectivity index (χ2n) is 4.39. The predicted molar refractivity (Wildman–Crippen MR) is 76.0 cm³/mol. The molecule has 7 nitrogen and oxygen atoms in total. The summed E-state index contributed by atoms with van der Waals surface area (Å²) in [7, 11) is 3.14. The molecular formula is C14H22N2O5. The van der Waals surface area contributed by atoms with Crippen molar-refractivity contribution in [3.05, 3.63) is 24.2 Å². The predicted octanol–water partition coefficient (Wildman–Crippen LogP) is 0.521. The van der Waals surface area contributed by atoms with E-state index in [4.69, 9.17) is 13.9 Å². The van der Waals surface area contributed by atoms with E-state index in [1.54, 1.807) is 25.2 Å². The molecule has 0 saturated heterocycles. The number of nitrogens with one attached hydrogen (secondary N) is 1. The van der Waals surface area contributed by atoms with Crippen LogP contribution < -0.4 is 5.32 Å². The van der Waals surface area contributed by atoms with Gasteiger partial charge in [0.15, 0.2) is 0 Å². The summed E-state index contributed by atoms with van der Waals surface area (Å²) in [5, 5.41) is 2.72. The molecule has 0 spiro atoms. The summed E-state index contributed by atoms with van der Waals surface area (Å²) in [6.07, 6.45) is 3.07. The van der Waals surface area contributed by atoms with Crippen LogP contribution in [0.3, 0.4) is 0 Å². The maximum absolute atomic E-state index is 12.2. The van der Waals surface area contributed by atoms with Gasteiger partial charge in [0.2, 0.25) is 5.91 Å². The van der Waals surface area contributed by atoms with E-state index in [0.29, 0.717) is 38.4 Å². The summed E-state index contributed by atoms with van der Waals surface area (Å²) in [4.78, 5) is 25.5. The Balaban J connectivity index is 2.46. The third kappa shape index (κ3) is 6.42. The molecule has 0 aliphatic heterocycles. The number of methoxy groups -OCH3 is 2. The minimum absolute atomic E-state index is 0.116. The summed E-state index contributed by atoms with van der Waals surface area (Å²) in [6, 6.07) is 1.60. The van der Waals surface area contributed by atoms with Crippen LogP contribution >= 0.6 is 0 Å². The first-order valence-electron chi connectivity index (χ1n) is 6.75. The third-order valence-electron chi connectivity index (χ3n) is 2.86. The van der Waals surface area contributed by atoms with E-state index in [9.17, 15) is 9.59 Å². The summed E-state index contributed by atoms with van der Waals surface area (Å²) in [5.74, 6) is -0.292. The highest BCUT2D eigenvalue weighted by Crippen LogP contribution is 2.06. The van der Waals surface area contributed by atoms with E-state index in [1.165, 1.54) is 12.5 Å². The zero-order chi connectivity index (χ0) is 15.5. The lowest BCUT2D eigenvalue weighted by Gasteiger charge is -2.21. The molecule has 0 bridgehead atoms. The van der Waals surface area contributed by atoms with Crippen molar-refractivity contribution in [3.63, 3.8) is 0 Å². The second-order valence-corrected chi connectivity index (χ2v) is 4.39. The van der Waals surface area contributed by atoms with Crippen molar-refractivity contribution >= 4 is 11.8 Å². The van der Waals surface area contributed by atoms with Crippen LogP contribution in [0.5, 0.6) is 0 Å². The molecule has 1 aromatic rings. The summed E-state index contributed by atoms with van der Waals surface area (Å²) >= 11 is 0. The van der Waals surface area contributed by atoms with Crippen LogP contribution in [0, 0.1) is 0 Å². The van der Waals surface area contributed by atoms with Crippen molar-refractivity contribution in [2.45, 2.75) is 6.42 Å². The minimum Gasteiger partial charge on any atom is -0.472 e. The molecule has 0 saturated carbocycles. The van der Waals surface area contributed by atoms with Crippen molar-refractivity contribution in [2.75, 3.05) is 47.1 Å². The molecule has 7 heteroatoms. The van der Waals surface area contributed by atoms with Gasteiger partial charge in [-0.05, 0) is 6.07 Å². The fourth-order valence-electron chi connectivity index (χ4n) is 1.70. The van der Waals surface area contributed by atoms with Gasteiger partial charge in [-0.1, -0.05) is 0 Å². The smallest absolute Gasteiger partial charge is 0.257 e. The van der Waals surface area contributed by atoms with Crippen LogP contribution in [-0.4, -0.2) is 63.8 Å². The molecule has 118 valence electrons. The topological polar surface area (TPSA) is 81.0 Å². The Labute approximate surface area is 124 Å². The van der Waals surface area contributed by atoms with Gasteiger partial charge in [0, 0.05) is 40.3 Å². The summed E-state index contributed by atoms with van der Waals surface area (Å²) in [5.41, 5.74) is 0.464. The molecule has 1 heterocycles. The van der Waals surface area contributed by atoms with Crippen molar-refractivity contribution in [3.8, 4) is 0 Å². The highest BCUT2D eigenvalue weighted by Gasteiger charge is 2.17. The van der Waals surface area contributed by atoms with Crippen LogP contribution in [0.2, 0.25) is 0 Å². The molecule has 0 aliphatic rings. The van der Waals surface area contributed by atoms with Gasteiger partial charge < -0.3 is 24.1 Å². The van der Waals surface area contributed by atoms with Crippen LogP contribution in [0.1, 0.15) is 16.8 Å². The molecule has 0 fully saturated rings. The minimum atomic E-state index is -0.175. The maximum Gasteiger partial charge on any atom is 0.257 e. The van der Waals surface area contributed by atoms with Gasteiger partial charge >= 0.3 is 0 Å². The number of carbonyl (C=O) groups excluding carboxylic acids is 2. The van der Waals surface area contributed by atoms with Gasteiger partial charge in [-0.2, -0.15) is 0 Å². The fraction of sp³-hybridized carbons (Fsp3) is 0.571. The summed E-state index contributed by atoms with van der Waals surface area (Å²) < 4.78 is 14.8. The number of ether oxygens (including phenoxy) is 2. The molecule has 1 aromatic heterocycles. The first-order chi connectivity index (χ1) is 10.2. The molecule has 21 heavy (non-hydrogen) atoms. The number of rotatable bonds is 10. The lowest BCUT2D eigenvalue weighted by molar-refractivity contribution is -0.121. The molecule has 0 atom stereocenters. The first-order valence-corrected chi connectivity index (χ1v) is 6.75. The Morgan fingerprint density at radius 2 is 2.00 bits per heavy atom. The monoisotopic (exact) mass is 298 g/mol. The number of hydrogen-bond donors (Lipinski definition) is 1. The van der Waals surface area contributed by atoms with Gasteiger partial charge in [-0.3, -0.25) is 9.59 Å². The quantitative estimate of drug-likeness (QED) is 0.637. The number of nitrogens with zero attached hydrogens (tertiary/aromatic N) is 1. The second kappa shape index (κ2) is 9.95. The Kier molecular flexibility index (Phi) is 8.15. The van der Waals surface area contributed by atoms with Gasteiger partial charge in [0.25, 0.3) is 5.91 Å². The Morgan fingerprint density at radius 3 is 2.62 bits per heavy atom.